The first-order valence-electron chi connectivity index (χ1n) is 9.94. The summed E-state index contributed by atoms with van der Waals surface area (Å²) in [5, 5.41) is 20.9. The maximum atomic E-state index is 12.3. The number of hydrogen-bond acceptors (Lipinski definition) is 4. The second-order valence-corrected chi connectivity index (χ2v) is 8.47. The Labute approximate surface area is 156 Å². The molecule has 3 rings (SSSR count). The Hall–Kier alpha value is -1.33. The average Bonchev–Trinajstić information content (AvgIpc) is 3.30. The van der Waals surface area contributed by atoms with E-state index in [0.29, 0.717) is 23.5 Å². The molecule has 0 radical (unpaired) electrons. The fourth-order valence-electron chi connectivity index (χ4n) is 5.20. The van der Waals surface area contributed by atoms with Gasteiger partial charge in [0.1, 0.15) is 0 Å². The van der Waals surface area contributed by atoms with Crippen LogP contribution in [-0.2, 0) is 9.53 Å². The number of rotatable bonds is 5. The highest BCUT2D eigenvalue weighted by atomic mass is 16.5. The molecule has 3 saturated carbocycles. The predicted octanol–water partition coefficient (Wildman–Crippen LogP) is 2.49. The zero-order valence-electron chi connectivity index (χ0n) is 16.2. The van der Waals surface area contributed by atoms with Crippen molar-refractivity contribution in [2.24, 2.45) is 23.7 Å². The molecular weight excluding hydrogens is 330 g/mol. The van der Waals surface area contributed by atoms with Crippen molar-refractivity contribution in [3.05, 3.63) is 23.5 Å². The number of nitrogens with zero attached hydrogens (tertiary/aromatic N) is 1. The van der Waals surface area contributed by atoms with E-state index in [0.717, 1.165) is 37.7 Å². The summed E-state index contributed by atoms with van der Waals surface area (Å²) >= 11 is 0. The van der Waals surface area contributed by atoms with Crippen LogP contribution in [-0.4, -0.2) is 54.4 Å². The number of hydrogen-bond donors (Lipinski definition) is 2. The zero-order valence-corrected chi connectivity index (χ0v) is 16.2. The summed E-state index contributed by atoms with van der Waals surface area (Å²) in [5.74, 6) is 1.52. The third-order valence-corrected chi connectivity index (χ3v) is 6.62. The van der Waals surface area contributed by atoms with Crippen molar-refractivity contribution < 1.29 is 19.7 Å². The van der Waals surface area contributed by atoms with Gasteiger partial charge in [0, 0.05) is 20.0 Å². The number of fused-ring (bicyclic) bond motifs is 1. The molecule has 0 aromatic rings. The zero-order chi connectivity index (χ0) is 18.8. The summed E-state index contributed by atoms with van der Waals surface area (Å²) in [7, 11) is 5.02. The van der Waals surface area contributed by atoms with Gasteiger partial charge in [0.2, 0.25) is 0 Å². The maximum Gasteiger partial charge on any atom is 0.288 e. The Kier molecular flexibility index (Phi) is 6.08. The van der Waals surface area contributed by atoms with Crippen LogP contribution in [0.4, 0.5) is 0 Å². The quantitative estimate of drug-likeness (QED) is 0.447. The Balaban J connectivity index is 1.71. The van der Waals surface area contributed by atoms with Gasteiger partial charge in [-0.05, 0) is 55.4 Å². The lowest BCUT2D eigenvalue weighted by molar-refractivity contribution is -0.128. The van der Waals surface area contributed by atoms with Crippen LogP contribution < -0.4 is 0 Å². The molecule has 3 fully saturated rings. The lowest BCUT2D eigenvalue weighted by atomic mass is 9.89. The van der Waals surface area contributed by atoms with Crippen molar-refractivity contribution in [1.82, 2.24) is 4.90 Å². The van der Waals surface area contributed by atoms with Gasteiger partial charge in [-0.2, -0.15) is 0 Å². The van der Waals surface area contributed by atoms with Crippen molar-refractivity contribution in [3.8, 4) is 0 Å². The minimum Gasteiger partial charge on any atom is -0.491 e. The number of carbonyl (C=O) groups excluding carboxylic acids is 1. The Bertz CT molecular complexity index is 577. The van der Waals surface area contributed by atoms with Gasteiger partial charge in [0.15, 0.2) is 5.76 Å². The van der Waals surface area contributed by atoms with Crippen molar-refractivity contribution in [2.75, 3.05) is 21.2 Å². The van der Waals surface area contributed by atoms with E-state index in [4.69, 9.17) is 4.74 Å². The van der Waals surface area contributed by atoms with Crippen LogP contribution in [0, 0.1) is 23.7 Å². The standard InChI is InChI=1S/C21H33NO4/c1-22(2)21(25)20(26-3)15-10-14-12-19(24)16(17(14)11-15)8-9-18(23)13-6-4-5-7-13/h8-9,13-14,16-19,23-24H,4-7,10-12H2,1-3H3/b9-8+,20-15+/t14-,16+,17-,18+,19+/m0/s1. The molecule has 146 valence electrons. The molecule has 3 aliphatic rings. The number of ether oxygens (including phenoxy) is 1. The molecule has 0 aromatic heterocycles. The van der Waals surface area contributed by atoms with Gasteiger partial charge >= 0.3 is 0 Å². The molecule has 0 bridgehead atoms. The summed E-state index contributed by atoms with van der Waals surface area (Å²) in [6.45, 7) is 0. The van der Waals surface area contributed by atoms with E-state index in [9.17, 15) is 15.0 Å². The Morgan fingerprint density at radius 1 is 1.27 bits per heavy atom. The highest BCUT2D eigenvalue weighted by Gasteiger charge is 2.46. The number of aliphatic hydroxyl groups excluding tert-OH is 2. The van der Waals surface area contributed by atoms with E-state index in [1.54, 1.807) is 26.1 Å². The minimum absolute atomic E-state index is 0.0566. The largest absolute Gasteiger partial charge is 0.491 e. The summed E-state index contributed by atoms with van der Waals surface area (Å²) in [4.78, 5) is 13.9. The lowest BCUT2D eigenvalue weighted by Gasteiger charge is -2.20. The molecule has 2 N–H and O–H groups in total. The van der Waals surface area contributed by atoms with Crippen LogP contribution in [0.15, 0.2) is 23.5 Å². The SMILES string of the molecule is CO/C(C(=O)N(C)C)=C1\C[C@H]2C[C@@H](O)[C@H](/C=C/[C@@H](O)C3CCCC3)[C@H]2C1. The number of aliphatic hydroxyl groups is 2. The fraction of sp³-hybridized carbons (Fsp3) is 0.762. The molecule has 0 unspecified atom stereocenters. The first kappa shape index (κ1) is 19.4. The third kappa shape index (κ3) is 3.84. The summed E-state index contributed by atoms with van der Waals surface area (Å²) in [5.41, 5.74) is 1.07. The number of methoxy groups -OCH3 is 1. The molecule has 5 heteroatoms. The Morgan fingerprint density at radius 3 is 2.58 bits per heavy atom. The number of allylic oxidation sites excluding steroid dienone is 1. The number of amides is 1. The molecule has 0 saturated heterocycles. The molecule has 5 atom stereocenters. The van der Waals surface area contributed by atoms with Crippen molar-refractivity contribution in [2.45, 2.75) is 57.2 Å². The van der Waals surface area contributed by atoms with Crippen molar-refractivity contribution in [3.63, 3.8) is 0 Å². The van der Waals surface area contributed by atoms with Crippen LogP contribution in [0.3, 0.4) is 0 Å². The van der Waals surface area contributed by atoms with E-state index < -0.39 is 6.10 Å². The number of likely N-dealkylation sites (N-methyl/N-ethyl adjacent to an activating group) is 1. The van der Waals surface area contributed by atoms with E-state index in [1.165, 1.54) is 12.8 Å². The van der Waals surface area contributed by atoms with Gasteiger partial charge in [0.05, 0.1) is 19.3 Å². The smallest absolute Gasteiger partial charge is 0.288 e. The Morgan fingerprint density at radius 2 is 1.96 bits per heavy atom. The first-order chi connectivity index (χ1) is 12.4. The van der Waals surface area contributed by atoms with Crippen molar-refractivity contribution >= 4 is 5.91 Å². The van der Waals surface area contributed by atoms with Gasteiger partial charge in [-0.3, -0.25) is 4.79 Å². The van der Waals surface area contributed by atoms with Crippen LogP contribution in [0.25, 0.3) is 0 Å². The molecule has 3 aliphatic carbocycles. The van der Waals surface area contributed by atoms with Gasteiger partial charge in [-0.1, -0.05) is 25.0 Å². The highest BCUT2D eigenvalue weighted by Crippen LogP contribution is 2.51. The van der Waals surface area contributed by atoms with E-state index in [1.807, 2.05) is 12.2 Å². The molecule has 1 amide bonds. The van der Waals surface area contributed by atoms with E-state index >= 15 is 0 Å². The van der Waals surface area contributed by atoms with Gasteiger partial charge in [-0.25, -0.2) is 0 Å². The van der Waals surface area contributed by atoms with Gasteiger partial charge in [-0.15, -0.1) is 0 Å². The normalized spacial score (nSPS) is 35.0. The van der Waals surface area contributed by atoms with Crippen LogP contribution >= 0.6 is 0 Å². The predicted molar refractivity (Wildman–Crippen MR) is 100 cm³/mol. The molecule has 0 aliphatic heterocycles. The monoisotopic (exact) mass is 363 g/mol. The third-order valence-electron chi connectivity index (χ3n) is 6.62. The highest BCUT2D eigenvalue weighted by molar-refractivity contribution is 5.91. The molecule has 5 nitrogen and oxygen atoms in total. The molecule has 26 heavy (non-hydrogen) atoms. The van der Waals surface area contributed by atoms with Crippen molar-refractivity contribution in [1.29, 1.82) is 0 Å². The topological polar surface area (TPSA) is 70.0 Å². The molecular formula is C21H33NO4. The molecule has 0 aromatic carbocycles. The molecule has 0 spiro atoms. The van der Waals surface area contributed by atoms with Crippen LogP contribution in [0.2, 0.25) is 0 Å². The number of carbonyl (C=O) groups is 1. The minimum atomic E-state index is -0.398. The summed E-state index contributed by atoms with van der Waals surface area (Å²) < 4.78 is 5.42. The first-order valence-corrected chi connectivity index (χ1v) is 9.94. The van der Waals surface area contributed by atoms with Crippen LogP contribution in [0.1, 0.15) is 44.9 Å². The van der Waals surface area contributed by atoms with Crippen LogP contribution in [0.5, 0.6) is 0 Å². The average molecular weight is 363 g/mol. The summed E-state index contributed by atoms with van der Waals surface area (Å²) in [6.07, 6.45) is 10.2. The molecule has 0 heterocycles. The van der Waals surface area contributed by atoms with E-state index in [-0.39, 0.29) is 17.9 Å². The summed E-state index contributed by atoms with van der Waals surface area (Å²) in [6, 6.07) is 0. The van der Waals surface area contributed by atoms with E-state index in [2.05, 4.69) is 0 Å². The maximum absolute atomic E-state index is 12.3. The second-order valence-electron chi connectivity index (χ2n) is 8.47. The lowest BCUT2D eigenvalue weighted by Crippen LogP contribution is -2.25. The second kappa shape index (κ2) is 8.13. The van der Waals surface area contributed by atoms with Gasteiger partial charge < -0.3 is 19.8 Å². The van der Waals surface area contributed by atoms with Gasteiger partial charge in [0.25, 0.3) is 5.91 Å². The fourth-order valence-corrected chi connectivity index (χ4v) is 5.20.